The number of benzene rings is 1. The van der Waals surface area contributed by atoms with Gasteiger partial charge in [-0.05, 0) is 61.4 Å². The molecular formula is C24H31N5O. The second-order valence-electron chi connectivity index (χ2n) is 8.90. The van der Waals surface area contributed by atoms with E-state index in [4.69, 9.17) is 0 Å². The molecule has 0 aliphatic carbocycles. The van der Waals surface area contributed by atoms with Crippen LogP contribution >= 0.6 is 0 Å². The highest BCUT2D eigenvalue weighted by atomic mass is 16.2. The monoisotopic (exact) mass is 405 g/mol. The number of aromatic nitrogens is 3. The van der Waals surface area contributed by atoms with Crippen molar-refractivity contribution in [3.63, 3.8) is 0 Å². The van der Waals surface area contributed by atoms with E-state index in [1.165, 1.54) is 0 Å². The van der Waals surface area contributed by atoms with Crippen LogP contribution in [-0.4, -0.2) is 45.6 Å². The van der Waals surface area contributed by atoms with Crippen molar-refractivity contribution in [1.29, 1.82) is 0 Å². The summed E-state index contributed by atoms with van der Waals surface area (Å²) >= 11 is 0. The quantitative estimate of drug-likeness (QED) is 0.623. The van der Waals surface area contributed by atoms with Crippen molar-refractivity contribution in [1.82, 2.24) is 20.1 Å². The summed E-state index contributed by atoms with van der Waals surface area (Å²) in [6, 6.07) is 8.18. The average molecular weight is 406 g/mol. The number of carbonyl (C=O) groups is 1. The number of likely N-dealkylation sites (tertiary alicyclic amines) is 1. The summed E-state index contributed by atoms with van der Waals surface area (Å²) in [6.45, 7) is 9.70. The lowest BCUT2D eigenvalue weighted by Gasteiger charge is -2.40. The maximum Gasteiger partial charge on any atom is 0.231 e. The van der Waals surface area contributed by atoms with Gasteiger partial charge in [0.05, 0.1) is 11.6 Å². The third-order valence-electron chi connectivity index (χ3n) is 6.39. The molecule has 30 heavy (non-hydrogen) atoms. The van der Waals surface area contributed by atoms with Crippen LogP contribution in [-0.2, 0) is 4.79 Å². The number of nitrogens with zero attached hydrogens (tertiary/aromatic N) is 3. The molecular weight excluding hydrogens is 374 g/mol. The Morgan fingerprint density at radius 2 is 1.97 bits per heavy atom. The number of hydrogen-bond donors (Lipinski definition) is 2. The standard InChI is InChI=1S/C24H31N5O/c1-4-24(7-9-29(10-8-24)16-17(2)3)23(30)28-22-12-20-11-18(21-14-26-27-15-21)5-6-19(20)13-25-22/h5-6,11-15,17H,4,7-10,16H2,1-3H3,(H,26,27)(H,25,28,30). The molecule has 3 aromatic rings. The van der Waals surface area contributed by atoms with Crippen molar-refractivity contribution in [2.45, 2.75) is 40.0 Å². The van der Waals surface area contributed by atoms with Gasteiger partial charge in [0, 0.05) is 29.9 Å². The Bertz CT molecular complexity index is 1000. The lowest BCUT2D eigenvalue weighted by atomic mass is 9.75. The zero-order valence-corrected chi connectivity index (χ0v) is 18.1. The van der Waals surface area contributed by atoms with Crippen LogP contribution in [0.15, 0.2) is 42.9 Å². The van der Waals surface area contributed by atoms with Gasteiger partial charge in [0.2, 0.25) is 5.91 Å². The van der Waals surface area contributed by atoms with Gasteiger partial charge in [-0.25, -0.2) is 4.98 Å². The zero-order chi connectivity index (χ0) is 21.1. The van der Waals surface area contributed by atoms with Gasteiger partial charge in [0.25, 0.3) is 0 Å². The number of hydrogen-bond acceptors (Lipinski definition) is 4. The molecule has 1 saturated heterocycles. The Morgan fingerprint density at radius 1 is 1.17 bits per heavy atom. The summed E-state index contributed by atoms with van der Waals surface area (Å²) in [5.74, 6) is 1.38. The van der Waals surface area contributed by atoms with Crippen molar-refractivity contribution >= 4 is 22.5 Å². The molecule has 1 aliphatic rings. The van der Waals surface area contributed by atoms with Gasteiger partial charge in [0.1, 0.15) is 5.82 Å². The first-order valence-corrected chi connectivity index (χ1v) is 10.9. The van der Waals surface area contributed by atoms with E-state index in [1.54, 1.807) is 0 Å². The molecule has 2 N–H and O–H groups in total. The van der Waals surface area contributed by atoms with Gasteiger partial charge in [-0.3, -0.25) is 9.89 Å². The van der Waals surface area contributed by atoms with Gasteiger partial charge in [-0.2, -0.15) is 5.10 Å². The molecule has 2 aromatic heterocycles. The van der Waals surface area contributed by atoms with Gasteiger partial charge in [0.15, 0.2) is 0 Å². The number of fused-ring (bicyclic) bond motifs is 1. The third kappa shape index (κ3) is 4.24. The number of anilines is 1. The fourth-order valence-corrected chi connectivity index (χ4v) is 4.47. The Hall–Kier alpha value is -2.73. The van der Waals surface area contributed by atoms with Crippen molar-refractivity contribution in [3.8, 4) is 11.1 Å². The molecule has 6 nitrogen and oxygen atoms in total. The Labute approximate surface area is 178 Å². The fourth-order valence-electron chi connectivity index (χ4n) is 4.47. The topological polar surface area (TPSA) is 73.9 Å². The number of H-pyrrole nitrogens is 1. The number of rotatable bonds is 6. The van der Waals surface area contributed by atoms with Crippen LogP contribution in [0.1, 0.15) is 40.0 Å². The van der Waals surface area contributed by atoms with Crippen LogP contribution in [0.5, 0.6) is 0 Å². The molecule has 1 amide bonds. The van der Waals surface area contributed by atoms with E-state index >= 15 is 0 Å². The molecule has 0 unspecified atom stereocenters. The summed E-state index contributed by atoms with van der Waals surface area (Å²) < 4.78 is 0. The minimum absolute atomic E-state index is 0.104. The molecule has 0 saturated carbocycles. The van der Waals surface area contributed by atoms with Crippen LogP contribution < -0.4 is 5.32 Å². The molecule has 6 heteroatoms. The smallest absolute Gasteiger partial charge is 0.231 e. The number of aromatic amines is 1. The largest absolute Gasteiger partial charge is 0.310 e. The van der Waals surface area contributed by atoms with E-state index in [2.05, 4.69) is 58.3 Å². The van der Waals surface area contributed by atoms with Gasteiger partial charge >= 0.3 is 0 Å². The number of nitrogens with one attached hydrogen (secondary N) is 2. The van der Waals surface area contributed by atoms with Crippen molar-refractivity contribution < 1.29 is 4.79 Å². The maximum absolute atomic E-state index is 13.3. The fraction of sp³-hybridized carbons (Fsp3) is 0.458. The Morgan fingerprint density at radius 3 is 2.63 bits per heavy atom. The average Bonchev–Trinajstić information content (AvgIpc) is 3.28. The highest BCUT2D eigenvalue weighted by molar-refractivity contribution is 5.97. The van der Waals surface area contributed by atoms with E-state index in [9.17, 15) is 4.79 Å². The second kappa shape index (κ2) is 8.56. The predicted octanol–water partition coefficient (Wildman–Crippen LogP) is 4.71. The molecule has 1 aromatic carbocycles. The van der Waals surface area contributed by atoms with Gasteiger partial charge in [-0.1, -0.05) is 32.9 Å². The normalized spacial score (nSPS) is 16.8. The maximum atomic E-state index is 13.3. The van der Waals surface area contributed by atoms with Crippen LogP contribution in [0, 0.1) is 11.3 Å². The van der Waals surface area contributed by atoms with Crippen LogP contribution in [0.2, 0.25) is 0 Å². The summed E-state index contributed by atoms with van der Waals surface area (Å²) in [5, 5.41) is 12.1. The summed E-state index contributed by atoms with van der Waals surface area (Å²) in [4.78, 5) is 20.2. The zero-order valence-electron chi connectivity index (χ0n) is 18.1. The summed E-state index contributed by atoms with van der Waals surface area (Å²) in [7, 11) is 0. The van der Waals surface area contributed by atoms with E-state index < -0.39 is 0 Å². The first kappa shape index (κ1) is 20.5. The minimum Gasteiger partial charge on any atom is -0.310 e. The molecule has 158 valence electrons. The highest BCUT2D eigenvalue weighted by Gasteiger charge is 2.39. The molecule has 0 atom stereocenters. The van der Waals surface area contributed by atoms with Crippen molar-refractivity contribution in [3.05, 3.63) is 42.9 Å². The molecule has 4 rings (SSSR count). The number of pyridine rings is 1. The third-order valence-corrected chi connectivity index (χ3v) is 6.39. The van der Waals surface area contributed by atoms with E-state index in [0.717, 1.165) is 60.8 Å². The molecule has 1 aliphatic heterocycles. The van der Waals surface area contributed by atoms with Crippen LogP contribution in [0.3, 0.4) is 0 Å². The van der Waals surface area contributed by atoms with Gasteiger partial charge in [-0.15, -0.1) is 0 Å². The van der Waals surface area contributed by atoms with E-state index in [-0.39, 0.29) is 11.3 Å². The van der Waals surface area contributed by atoms with Crippen LogP contribution in [0.25, 0.3) is 21.9 Å². The highest BCUT2D eigenvalue weighted by Crippen LogP contribution is 2.36. The SMILES string of the molecule is CCC1(C(=O)Nc2cc3cc(-c4cn[nH]c4)ccc3cn2)CCN(CC(C)C)CC1. The first-order chi connectivity index (χ1) is 14.5. The molecule has 3 heterocycles. The number of amides is 1. The molecule has 0 bridgehead atoms. The van der Waals surface area contributed by atoms with Crippen molar-refractivity contribution in [2.24, 2.45) is 11.3 Å². The van der Waals surface area contributed by atoms with E-state index in [0.29, 0.717) is 11.7 Å². The Balaban J connectivity index is 1.50. The van der Waals surface area contributed by atoms with Crippen LogP contribution in [0.4, 0.5) is 5.82 Å². The molecule has 1 fully saturated rings. The van der Waals surface area contributed by atoms with Gasteiger partial charge < -0.3 is 10.2 Å². The minimum atomic E-state index is -0.303. The lowest BCUT2D eigenvalue weighted by molar-refractivity contribution is -0.128. The Kier molecular flexibility index (Phi) is 5.86. The summed E-state index contributed by atoms with van der Waals surface area (Å²) in [6.07, 6.45) is 8.17. The first-order valence-electron chi connectivity index (χ1n) is 10.9. The van der Waals surface area contributed by atoms with E-state index in [1.807, 2.05) is 30.7 Å². The second-order valence-corrected chi connectivity index (χ2v) is 8.90. The summed E-state index contributed by atoms with van der Waals surface area (Å²) in [5.41, 5.74) is 1.82. The van der Waals surface area contributed by atoms with Crippen molar-refractivity contribution in [2.75, 3.05) is 25.0 Å². The lowest BCUT2D eigenvalue weighted by Crippen LogP contribution is -2.47. The number of piperidine rings is 1. The molecule has 0 spiro atoms. The molecule has 0 radical (unpaired) electrons. The number of carbonyl (C=O) groups excluding carboxylic acids is 1. The predicted molar refractivity (Wildman–Crippen MR) is 121 cm³/mol.